The summed E-state index contributed by atoms with van der Waals surface area (Å²) in [6.07, 6.45) is 3.44. The number of hydrogen-bond donors (Lipinski definition) is 2. The fourth-order valence-corrected chi connectivity index (χ4v) is 2.89. The van der Waals surface area contributed by atoms with E-state index in [0.29, 0.717) is 32.9 Å². The maximum absolute atomic E-state index is 12.1. The summed E-state index contributed by atoms with van der Waals surface area (Å²) in [5, 5.41) is 14.2. The van der Waals surface area contributed by atoms with Crippen LogP contribution in [0.1, 0.15) is 17.2 Å². The van der Waals surface area contributed by atoms with Crippen LogP contribution < -0.4 is 10.9 Å². The zero-order valence-electron chi connectivity index (χ0n) is 15.6. The molecule has 2 N–H and O–H groups in total. The Hall–Kier alpha value is -2.98. The minimum absolute atomic E-state index is 0.00715. The van der Waals surface area contributed by atoms with Crippen LogP contribution in [0.2, 0.25) is 0 Å². The van der Waals surface area contributed by atoms with Gasteiger partial charge in [0, 0.05) is 37.4 Å². The van der Waals surface area contributed by atoms with E-state index in [1.165, 1.54) is 10.6 Å². The lowest BCUT2D eigenvalue weighted by atomic mass is 9.98. The lowest BCUT2D eigenvalue weighted by Crippen LogP contribution is -2.36. The van der Waals surface area contributed by atoms with Gasteiger partial charge < -0.3 is 24.5 Å². The lowest BCUT2D eigenvalue weighted by Gasteiger charge is -2.24. The molecule has 28 heavy (non-hydrogen) atoms. The SMILES string of the molecule is COCCn1ncc2c1COCC2CNC(=O)Cn1ccccc1=O.O=CO. The Morgan fingerprint density at radius 3 is 3.00 bits per heavy atom. The zero-order valence-corrected chi connectivity index (χ0v) is 15.6. The number of nitrogens with zero attached hydrogens (tertiary/aromatic N) is 3. The predicted octanol–water partition coefficient (Wildman–Crippen LogP) is -0.178. The minimum Gasteiger partial charge on any atom is -0.483 e. The van der Waals surface area contributed by atoms with Crippen molar-refractivity contribution in [1.82, 2.24) is 19.7 Å². The van der Waals surface area contributed by atoms with Gasteiger partial charge >= 0.3 is 0 Å². The molecule has 2 aromatic heterocycles. The van der Waals surface area contributed by atoms with Gasteiger partial charge in [0.1, 0.15) is 6.54 Å². The maximum Gasteiger partial charge on any atom is 0.290 e. The van der Waals surface area contributed by atoms with Crippen LogP contribution in [-0.2, 0) is 38.8 Å². The van der Waals surface area contributed by atoms with Crippen LogP contribution in [0.5, 0.6) is 0 Å². The number of amides is 1. The van der Waals surface area contributed by atoms with E-state index >= 15 is 0 Å². The van der Waals surface area contributed by atoms with Crippen molar-refractivity contribution < 1.29 is 24.2 Å². The smallest absolute Gasteiger partial charge is 0.290 e. The summed E-state index contributed by atoms with van der Waals surface area (Å²) in [5.74, 6) is -0.149. The molecule has 0 saturated heterocycles. The van der Waals surface area contributed by atoms with Crippen molar-refractivity contribution >= 4 is 12.4 Å². The van der Waals surface area contributed by atoms with Crippen LogP contribution in [0.3, 0.4) is 0 Å². The summed E-state index contributed by atoms with van der Waals surface area (Å²) in [5.41, 5.74) is 1.93. The van der Waals surface area contributed by atoms with Crippen molar-refractivity contribution in [3.63, 3.8) is 0 Å². The Kier molecular flexibility index (Phi) is 8.37. The van der Waals surface area contributed by atoms with Gasteiger partial charge in [-0.25, -0.2) is 0 Å². The number of carbonyl (C=O) groups excluding carboxylic acids is 1. The third-order valence-corrected chi connectivity index (χ3v) is 4.24. The van der Waals surface area contributed by atoms with Crippen LogP contribution in [0.25, 0.3) is 0 Å². The topological polar surface area (TPSA) is 125 Å². The molecule has 152 valence electrons. The summed E-state index contributed by atoms with van der Waals surface area (Å²) in [6.45, 7) is 2.51. The second-order valence-electron chi connectivity index (χ2n) is 6.05. The number of ether oxygens (including phenoxy) is 2. The fraction of sp³-hybridized carbons (Fsp3) is 0.444. The first-order valence-electron chi connectivity index (χ1n) is 8.72. The van der Waals surface area contributed by atoms with E-state index in [9.17, 15) is 9.59 Å². The van der Waals surface area contributed by atoms with Gasteiger partial charge in [0.25, 0.3) is 12.0 Å². The quantitative estimate of drug-likeness (QED) is 0.626. The van der Waals surface area contributed by atoms with Gasteiger partial charge in [-0.2, -0.15) is 5.10 Å². The van der Waals surface area contributed by atoms with Crippen LogP contribution in [0.15, 0.2) is 35.4 Å². The molecular formula is C18H24N4O6. The minimum atomic E-state index is -0.250. The molecule has 0 aromatic carbocycles. The first-order valence-corrected chi connectivity index (χ1v) is 8.72. The van der Waals surface area contributed by atoms with E-state index in [4.69, 9.17) is 19.4 Å². The van der Waals surface area contributed by atoms with Gasteiger partial charge in [0.15, 0.2) is 0 Å². The first kappa shape index (κ1) is 21.3. The van der Waals surface area contributed by atoms with Crippen LogP contribution in [-0.4, -0.2) is 58.7 Å². The number of hydrogen-bond acceptors (Lipinski definition) is 6. The van der Waals surface area contributed by atoms with Gasteiger partial charge in [0.05, 0.1) is 38.3 Å². The van der Waals surface area contributed by atoms with E-state index in [2.05, 4.69) is 10.4 Å². The van der Waals surface area contributed by atoms with Crippen molar-refractivity contribution in [2.75, 3.05) is 26.9 Å². The van der Waals surface area contributed by atoms with E-state index in [-0.39, 0.29) is 30.4 Å². The Balaban J connectivity index is 0.000000878. The highest BCUT2D eigenvalue weighted by atomic mass is 16.5. The third-order valence-electron chi connectivity index (χ3n) is 4.24. The molecule has 1 aliphatic rings. The molecule has 3 rings (SSSR count). The van der Waals surface area contributed by atoms with E-state index in [0.717, 1.165) is 11.3 Å². The molecule has 0 saturated carbocycles. The number of carboxylic acid groups (broad SMARTS) is 1. The number of nitrogens with one attached hydrogen (secondary N) is 1. The molecule has 1 atom stereocenters. The highest BCUT2D eigenvalue weighted by Crippen LogP contribution is 2.25. The maximum atomic E-state index is 12.1. The van der Waals surface area contributed by atoms with Gasteiger partial charge in [-0.05, 0) is 6.07 Å². The molecule has 2 aromatic rings. The molecule has 1 amide bonds. The highest BCUT2D eigenvalue weighted by molar-refractivity contribution is 5.75. The molecule has 1 unspecified atom stereocenters. The third kappa shape index (κ3) is 5.76. The van der Waals surface area contributed by atoms with Crippen LogP contribution in [0, 0.1) is 0 Å². The van der Waals surface area contributed by atoms with Gasteiger partial charge in [-0.15, -0.1) is 0 Å². The highest BCUT2D eigenvalue weighted by Gasteiger charge is 2.25. The van der Waals surface area contributed by atoms with Gasteiger partial charge in [0.2, 0.25) is 5.91 Å². The molecule has 0 aliphatic carbocycles. The predicted molar refractivity (Wildman–Crippen MR) is 98.9 cm³/mol. The van der Waals surface area contributed by atoms with E-state index < -0.39 is 0 Å². The zero-order chi connectivity index (χ0) is 20.4. The molecule has 3 heterocycles. The Labute approximate surface area is 161 Å². The Morgan fingerprint density at radius 2 is 2.29 bits per heavy atom. The molecule has 0 spiro atoms. The van der Waals surface area contributed by atoms with Gasteiger partial charge in [-0.3, -0.25) is 19.1 Å². The normalized spacial score (nSPS) is 15.1. The van der Waals surface area contributed by atoms with Crippen LogP contribution in [0.4, 0.5) is 0 Å². The molecule has 10 heteroatoms. The summed E-state index contributed by atoms with van der Waals surface area (Å²) >= 11 is 0. The molecular weight excluding hydrogens is 368 g/mol. The number of methoxy groups -OCH3 is 1. The Morgan fingerprint density at radius 1 is 1.50 bits per heavy atom. The first-order chi connectivity index (χ1) is 13.6. The number of pyridine rings is 1. The van der Waals surface area contributed by atoms with Crippen molar-refractivity contribution in [2.24, 2.45) is 0 Å². The number of carbonyl (C=O) groups is 2. The molecule has 1 aliphatic heterocycles. The number of fused-ring (bicyclic) bond motifs is 1. The molecule has 0 bridgehead atoms. The average Bonchev–Trinajstić information content (AvgIpc) is 3.11. The lowest BCUT2D eigenvalue weighted by molar-refractivity contribution is -0.123. The van der Waals surface area contributed by atoms with E-state index in [1.807, 2.05) is 10.9 Å². The average molecular weight is 392 g/mol. The van der Waals surface area contributed by atoms with Crippen LogP contribution >= 0.6 is 0 Å². The second-order valence-corrected chi connectivity index (χ2v) is 6.05. The standard InChI is InChI=1S/C17H22N4O4.CH2O2/c1-24-7-6-21-15-12-25-11-13(14(15)9-19-21)8-18-16(22)10-20-5-3-2-4-17(20)23;2-1-3/h2-5,9,13H,6-8,10-12H2,1H3,(H,18,22);1H,(H,2,3). The van der Waals surface area contributed by atoms with Crippen molar-refractivity contribution in [3.05, 3.63) is 52.2 Å². The van der Waals surface area contributed by atoms with E-state index in [1.54, 1.807) is 25.4 Å². The number of aromatic nitrogens is 3. The summed E-state index contributed by atoms with van der Waals surface area (Å²) in [4.78, 5) is 32.1. The van der Waals surface area contributed by atoms with Gasteiger partial charge in [-0.1, -0.05) is 6.07 Å². The Bertz CT molecular complexity index is 831. The van der Waals surface area contributed by atoms with Crippen molar-refractivity contribution in [2.45, 2.75) is 25.6 Å². The second kappa shape index (κ2) is 11.0. The number of rotatable bonds is 7. The summed E-state index contributed by atoms with van der Waals surface area (Å²) < 4.78 is 14.0. The monoisotopic (exact) mass is 392 g/mol. The molecule has 0 fully saturated rings. The van der Waals surface area contributed by atoms with Crippen molar-refractivity contribution in [1.29, 1.82) is 0 Å². The molecule has 10 nitrogen and oxygen atoms in total. The summed E-state index contributed by atoms with van der Waals surface area (Å²) in [7, 11) is 1.66. The summed E-state index contributed by atoms with van der Waals surface area (Å²) in [6, 6.07) is 4.81. The fourth-order valence-electron chi connectivity index (χ4n) is 2.89. The largest absolute Gasteiger partial charge is 0.483 e. The van der Waals surface area contributed by atoms with Crippen molar-refractivity contribution in [3.8, 4) is 0 Å². The molecule has 0 radical (unpaired) electrons.